The van der Waals surface area contributed by atoms with E-state index < -0.39 is 6.04 Å². The Balaban J connectivity index is 1.35. The number of para-hydroxylation sites is 1. The van der Waals surface area contributed by atoms with Gasteiger partial charge in [-0.1, -0.05) is 18.2 Å². The number of nitrogen functional groups attached to an aromatic ring is 1. The molecule has 3 N–H and O–H groups in total. The lowest BCUT2D eigenvalue weighted by Gasteiger charge is -2.27. The number of benzene rings is 1. The van der Waals surface area contributed by atoms with E-state index in [1.54, 1.807) is 30.2 Å². The number of carbonyl (C=O) groups excluding carboxylic acids is 2. The lowest BCUT2D eigenvalue weighted by atomic mass is 10.1. The number of amides is 2. The summed E-state index contributed by atoms with van der Waals surface area (Å²) in [6, 6.07) is 10.4. The number of hydrogen-bond acceptors (Lipinski definition) is 7. The fourth-order valence-electron chi connectivity index (χ4n) is 5.23. The van der Waals surface area contributed by atoms with Crippen LogP contribution in [-0.4, -0.2) is 55.4 Å². The Hall–Kier alpha value is -3.73. The van der Waals surface area contributed by atoms with Crippen LogP contribution in [0.1, 0.15) is 12.8 Å². The zero-order valence-corrected chi connectivity index (χ0v) is 20.4. The molecule has 178 valence electrons. The SMILES string of the molecule is COc1cccc2c3c(N)ncnc3n(CC(=O)N3[C@@H]4C[C@@H]4C[C@H]3C(=O)Nc3cccc(Br)n3)c12. The van der Waals surface area contributed by atoms with E-state index in [-0.39, 0.29) is 24.4 Å². The Labute approximate surface area is 208 Å². The van der Waals surface area contributed by atoms with Crippen LogP contribution in [0.3, 0.4) is 0 Å². The van der Waals surface area contributed by atoms with Crippen molar-refractivity contribution in [2.75, 3.05) is 18.2 Å². The summed E-state index contributed by atoms with van der Waals surface area (Å²) in [4.78, 5) is 41.5. The van der Waals surface area contributed by atoms with Crippen LogP contribution in [-0.2, 0) is 16.1 Å². The van der Waals surface area contributed by atoms with Gasteiger partial charge in [0.05, 0.1) is 18.0 Å². The van der Waals surface area contributed by atoms with Crippen LogP contribution in [0.5, 0.6) is 5.75 Å². The first-order valence-corrected chi connectivity index (χ1v) is 12.1. The average molecular weight is 536 g/mol. The van der Waals surface area contributed by atoms with Crippen molar-refractivity contribution < 1.29 is 14.3 Å². The summed E-state index contributed by atoms with van der Waals surface area (Å²) in [5, 5.41) is 4.34. The predicted molar refractivity (Wildman–Crippen MR) is 134 cm³/mol. The molecule has 2 fully saturated rings. The van der Waals surface area contributed by atoms with Gasteiger partial charge in [-0.15, -0.1) is 0 Å². The minimum atomic E-state index is -0.554. The van der Waals surface area contributed by atoms with E-state index in [2.05, 4.69) is 36.2 Å². The number of ether oxygens (including phenoxy) is 1. The highest BCUT2D eigenvalue weighted by molar-refractivity contribution is 9.10. The van der Waals surface area contributed by atoms with Crippen LogP contribution in [0.2, 0.25) is 0 Å². The van der Waals surface area contributed by atoms with Crippen LogP contribution >= 0.6 is 15.9 Å². The Kier molecular flexibility index (Phi) is 5.10. The van der Waals surface area contributed by atoms with Crippen LogP contribution in [0.15, 0.2) is 47.3 Å². The molecule has 10 nitrogen and oxygen atoms in total. The Morgan fingerprint density at radius 2 is 2.03 bits per heavy atom. The van der Waals surface area contributed by atoms with E-state index in [4.69, 9.17) is 10.5 Å². The smallest absolute Gasteiger partial charge is 0.248 e. The lowest BCUT2D eigenvalue weighted by molar-refractivity contribution is -0.138. The zero-order chi connectivity index (χ0) is 24.3. The van der Waals surface area contributed by atoms with Crippen LogP contribution in [0.25, 0.3) is 21.9 Å². The molecule has 0 radical (unpaired) electrons. The minimum Gasteiger partial charge on any atom is -0.495 e. The molecular weight excluding hydrogens is 514 g/mol. The van der Waals surface area contributed by atoms with Crippen molar-refractivity contribution in [3.63, 3.8) is 0 Å². The number of halogens is 1. The number of nitrogens with two attached hydrogens (primary N) is 1. The molecule has 2 aliphatic rings. The van der Waals surface area contributed by atoms with E-state index in [1.807, 2.05) is 22.8 Å². The molecule has 0 unspecified atom stereocenters. The second kappa shape index (κ2) is 8.19. The zero-order valence-electron chi connectivity index (χ0n) is 18.8. The summed E-state index contributed by atoms with van der Waals surface area (Å²) >= 11 is 3.32. The monoisotopic (exact) mass is 535 g/mol. The number of hydrogen-bond donors (Lipinski definition) is 2. The second-order valence-corrected chi connectivity index (χ2v) is 9.66. The topological polar surface area (TPSA) is 128 Å². The number of likely N-dealkylation sites (tertiary alicyclic amines) is 1. The number of aromatic nitrogens is 4. The van der Waals surface area contributed by atoms with Gasteiger partial charge in [0.25, 0.3) is 0 Å². The molecule has 4 aromatic rings. The summed E-state index contributed by atoms with van der Waals surface area (Å²) in [6.45, 7) is -0.00103. The van der Waals surface area contributed by atoms with E-state index >= 15 is 0 Å². The number of nitrogens with one attached hydrogen (secondary N) is 1. The molecular formula is C24H22BrN7O3. The van der Waals surface area contributed by atoms with Gasteiger partial charge in [0.1, 0.15) is 46.5 Å². The van der Waals surface area contributed by atoms with Crippen molar-refractivity contribution in [2.45, 2.75) is 31.5 Å². The third kappa shape index (κ3) is 3.57. The molecule has 11 heteroatoms. The summed E-state index contributed by atoms with van der Waals surface area (Å²) in [5.74, 6) is 1.34. The van der Waals surface area contributed by atoms with E-state index in [0.29, 0.717) is 45.4 Å². The summed E-state index contributed by atoms with van der Waals surface area (Å²) in [7, 11) is 1.58. The lowest BCUT2D eigenvalue weighted by Crippen LogP contribution is -2.46. The third-order valence-corrected chi connectivity index (χ3v) is 7.27. The standard InChI is InChI=1S/C24H22BrN7O3/c1-35-16-5-2-4-13-20-22(26)27-11-28-23(20)31(21(13)16)10-19(33)32-14-8-12(14)9-15(32)24(34)30-18-7-3-6-17(25)29-18/h2-7,11-12,14-15H,8-10H2,1H3,(H2,26,27,28)(H,29,30,34)/t12-,14-,15+/m1/s1. The van der Waals surface area contributed by atoms with Crippen molar-refractivity contribution in [3.8, 4) is 5.75 Å². The molecule has 0 bridgehead atoms. The largest absolute Gasteiger partial charge is 0.495 e. The first-order valence-electron chi connectivity index (χ1n) is 11.3. The van der Waals surface area contributed by atoms with Crippen molar-refractivity contribution in [1.82, 2.24) is 24.4 Å². The number of carbonyl (C=O) groups is 2. The fourth-order valence-corrected chi connectivity index (χ4v) is 5.58. The molecule has 1 aliphatic heterocycles. The van der Waals surface area contributed by atoms with Crippen LogP contribution < -0.4 is 15.8 Å². The fraction of sp³-hybridized carbons (Fsp3) is 0.292. The second-order valence-electron chi connectivity index (χ2n) is 8.85. The molecule has 6 rings (SSSR count). The molecule has 4 heterocycles. The third-order valence-electron chi connectivity index (χ3n) is 6.83. The molecule has 0 spiro atoms. The summed E-state index contributed by atoms with van der Waals surface area (Å²) < 4.78 is 8.03. The van der Waals surface area contributed by atoms with Crippen molar-refractivity contribution in [2.24, 2.45) is 5.92 Å². The van der Waals surface area contributed by atoms with Crippen LogP contribution in [0, 0.1) is 5.92 Å². The Morgan fingerprint density at radius 3 is 2.83 bits per heavy atom. The minimum absolute atomic E-state index is 0.00103. The number of rotatable bonds is 5. The highest BCUT2D eigenvalue weighted by Gasteiger charge is 2.56. The number of piperidine rings is 1. The molecule has 2 amide bonds. The van der Waals surface area contributed by atoms with E-state index in [1.165, 1.54) is 6.33 Å². The Bertz CT molecular complexity index is 1500. The maximum atomic E-state index is 13.7. The molecule has 1 aromatic carbocycles. The molecule has 3 aromatic heterocycles. The molecule has 1 aliphatic carbocycles. The number of nitrogens with zero attached hydrogens (tertiary/aromatic N) is 5. The van der Waals surface area contributed by atoms with Gasteiger partial charge in [0, 0.05) is 11.4 Å². The first kappa shape index (κ1) is 21.8. The van der Waals surface area contributed by atoms with Gasteiger partial charge in [0.15, 0.2) is 0 Å². The van der Waals surface area contributed by atoms with Gasteiger partial charge in [-0.3, -0.25) is 9.59 Å². The highest BCUT2D eigenvalue weighted by atomic mass is 79.9. The van der Waals surface area contributed by atoms with E-state index in [0.717, 1.165) is 17.3 Å². The molecule has 3 atom stereocenters. The molecule has 1 saturated heterocycles. The number of methoxy groups -OCH3 is 1. The summed E-state index contributed by atoms with van der Waals surface area (Å²) in [6.07, 6.45) is 2.94. The van der Waals surface area contributed by atoms with Crippen molar-refractivity contribution in [3.05, 3.63) is 47.3 Å². The van der Waals surface area contributed by atoms with Crippen molar-refractivity contribution in [1.29, 1.82) is 0 Å². The molecule has 35 heavy (non-hydrogen) atoms. The van der Waals surface area contributed by atoms with Gasteiger partial charge in [-0.05, 0) is 52.9 Å². The molecule has 1 saturated carbocycles. The Morgan fingerprint density at radius 1 is 1.20 bits per heavy atom. The maximum absolute atomic E-state index is 13.7. The highest BCUT2D eigenvalue weighted by Crippen LogP contribution is 2.48. The number of fused-ring (bicyclic) bond motifs is 4. The van der Waals surface area contributed by atoms with Gasteiger partial charge in [-0.25, -0.2) is 15.0 Å². The average Bonchev–Trinajstić information content (AvgIpc) is 3.38. The number of anilines is 2. The number of pyridine rings is 1. The summed E-state index contributed by atoms with van der Waals surface area (Å²) in [5.41, 5.74) is 7.46. The maximum Gasteiger partial charge on any atom is 0.248 e. The van der Waals surface area contributed by atoms with E-state index in [9.17, 15) is 9.59 Å². The first-order chi connectivity index (χ1) is 17.0. The van der Waals surface area contributed by atoms with Gasteiger partial charge in [-0.2, -0.15) is 0 Å². The quantitative estimate of drug-likeness (QED) is 0.376. The van der Waals surface area contributed by atoms with Crippen LogP contribution in [0.4, 0.5) is 11.6 Å². The normalized spacial score (nSPS) is 20.7. The van der Waals surface area contributed by atoms with Gasteiger partial charge in [0.2, 0.25) is 11.8 Å². The predicted octanol–water partition coefficient (Wildman–Crippen LogP) is 2.96. The van der Waals surface area contributed by atoms with Gasteiger partial charge < -0.3 is 25.3 Å². The van der Waals surface area contributed by atoms with Gasteiger partial charge >= 0.3 is 0 Å². The van der Waals surface area contributed by atoms with Crippen molar-refractivity contribution >= 4 is 61.3 Å².